The van der Waals surface area contributed by atoms with Gasteiger partial charge < -0.3 is 14.9 Å². The van der Waals surface area contributed by atoms with E-state index < -0.39 is 5.60 Å². The van der Waals surface area contributed by atoms with E-state index in [1.165, 1.54) is 0 Å². The van der Waals surface area contributed by atoms with Crippen LogP contribution in [0.2, 0.25) is 0 Å². The van der Waals surface area contributed by atoms with Crippen molar-refractivity contribution in [2.45, 2.75) is 64.6 Å². The predicted molar refractivity (Wildman–Crippen MR) is 61.9 cm³/mol. The molecule has 0 aliphatic rings. The third-order valence-corrected chi connectivity index (χ3v) is 3.24. The highest BCUT2D eigenvalue weighted by Gasteiger charge is 2.24. The molecule has 15 heavy (non-hydrogen) atoms. The topological polar surface area (TPSA) is 49.7 Å². The van der Waals surface area contributed by atoms with Crippen molar-refractivity contribution in [3.05, 3.63) is 0 Å². The molecular weight excluding hydrogens is 192 g/mol. The molecular formula is C12H26O3. The third kappa shape index (κ3) is 6.13. The standard InChI is InChI=1S/C12H26O3/c1-5-11(3,14)8-10-15-12(4,6-2)7-9-13/h13-14H,5-10H2,1-4H3/t11-,12?/m1/s1. The molecule has 0 amide bonds. The van der Waals surface area contributed by atoms with Crippen LogP contribution in [-0.4, -0.2) is 34.6 Å². The molecule has 0 aliphatic heterocycles. The van der Waals surface area contributed by atoms with Gasteiger partial charge in [-0.05, 0) is 39.5 Å². The summed E-state index contributed by atoms with van der Waals surface area (Å²) in [5.41, 5.74) is -0.883. The number of aliphatic hydroxyl groups is 2. The summed E-state index contributed by atoms with van der Waals surface area (Å²) in [6.45, 7) is 8.54. The van der Waals surface area contributed by atoms with Crippen LogP contribution in [0.4, 0.5) is 0 Å². The molecule has 0 aliphatic carbocycles. The second-order valence-corrected chi connectivity index (χ2v) is 4.73. The van der Waals surface area contributed by atoms with Crippen molar-refractivity contribution in [1.82, 2.24) is 0 Å². The highest BCUT2D eigenvalue weighted by molar-refractivity contribution is 4.75. The summed E-state index contributed by atoms with van der Waals surface area (Å²) in [5, 5.41) is 18.7. The second kappa shape index (κ2) is 6.46. The maximum atomic E-state index is 9.79. The molecule has 92 valence electrons. The minimum Gasteiger partial charge on any atom is -0.396 e. The zero-order valence-electron chi connectivity index (χ0n) is 10.5. The van der Waals surface area contributed by atoms with Gasteiger partial charge >= 0.3 is 0 Å². The normalized spacial score (nSPS) is 19.6. The summed E-state index contributed by atoms with van der Waals surface area (Å²) in [4.78, 5) is 0. The van der Waals surface area contributed by atoms with E-state index in [0.717, 1.165) is 12.8 Å². The summed E-state index contributed by atoms with van der Waals surface area (Å²) in [6.07, 6.45) is 2.91. The highest BCUT2D eigenvalue weighted by Crippen LogP contribution is 2.22. The van der Waals surface area contributed by atoms with Crippen molar-refractivity contribution in [2.75, 3.05) is 13.2 Å². The monoisotopic (exact) mass is 218 g/mol. The van der Waals surface area contributed by atoms with Crippen molar-refractivity contribution in [3.63, 3.8) is 0 Å². The Bertz CT molecular complexity index is 168. The van der Waals surface area contributed by atoms with Gasteiger partial charge in [-0.15, -0.1) is 0 Å². The first kappa shape index (κ1) is 14.9. The first-order valence-corrected chi connectivity index (χ1v) is 5.86. The van der Waals surface area contributed by atoms with Gasteiger partial charge in [-0.2, -0.15) is 0 Å². The van der Waals surface area contributed by atoms with Gasteiger partial charge in [0.15, 0.2) is 0 Å². The Balaban J connectivity index is 3.91. The molecule has 0 rings (SSSR count). The second-order valence-electron chi connectivity index (χ2n) is 4.73. The molecule has 2 N–H and O–H groups in total. The Morgan fingerprint density at radius 1 is 1.07 bits per heavy atom. The Morgan fingerprint density at radius 2 is 1.67 bits per heavy atom. The molecule has 1 unspecified atom stereocenters. The molecule has 0 heterocycles. The summed E-state index contributed by atoms with van der Waals surface area (Å²) >= 11 is 0. The minimum absolute atomic E-state index is 0.147. The molecule has 3 heteroatoms. The number of hydrogen-bond donors (Lipinski definition) is 2. The van der Waals surface area contributed by atoms with Crippen LogP contribution in [0, 0.1) is 0 Å². The lowest BCUT2D eigenvalue weighted by Crippen LogP contribution is -2.32. The van der Waals surface area contributed by atoms with Gasteiger partial charge in [0.1, 0.15) is 0 Å². The molecule has 0 radical (unpaired) electrons. The number of rotatable bonds is 8. The largest absolute Gasteiger partial charge is 0.396 e. The molecule has 0 aromatic carbocycles. The Hall–Kier alpha value is -0.120. The van der Waals surface area contributed by atoms with Crippen LogP contribution in [0.25, 0.3) is 0 Å². The van der Waals surface area contributed by atoms with E-state index in [4.69, 9.17) is 9.84 Å². The fourth-order valence-corrected chi connectivity index (χ4v) is 1.28. The number of aliphatic hydroxyl groups excluding tert-OH is 1. The quantitative estimate of drug-likeness (QED) is 0.656. The SMILES string of the molecule is CCC(C)(CCO)OCC[C@](C)(O)CC. The molecule has 0 bridgehead atoms. The van der Waals surface area contributed by atoms with Gasteiger partial charge in [0.05, 0.1) is 17.8 Å². The van der Waals surface area contributed by atoms with Crippen LogP contribution in [0.15, 0.2) is 0 Å². The van der Waals surface area contributed by atoms with E-state index in [0.29, 0.717) is 19.4 Å². The summed E-state index contributed by atoms with van der Waals surface area (Å²) < 4.78 is 5.74. The summed E-state index contributed by atoms with van der Waals surface area (Å²) in [7, 11) is 0. The fraction of sp³-hybridized carbons (Fsp3) is 1.00. The van der Waals surface area contributed by atoms with Crippen LogP contribution in [-0.2, 0) is 4.74 Å². The van der Waals surface area contributed by atoms with Crippen molar-refractivity contribution >= 4 is 0 Å². The lowest BCUT2D eigenvalue weighted by molar-refractivity contribution is -0.0726. The smallest absolute Gasteiger partial charge is 0.0673 e. The Kier molecular flexibility index (Phi) is 6.41. The molecule has 0 saturated carbocycles. The van der Waals surface area contributed by atoms with Gasteiger partial charge in [-0.1, -0.05) is 13.8 Å². The van der Waals surface area contributed by atoms with Gasteiger partial charge in [0.2, 0.25) is 0 Å². The van der Waals surface area contributed by atoms with E-state index in [1.807, 2.05) is 27.7 Å². The lowest BCUT2D eigenvalue weighted by Gasteiger charge is -2.30. The molecule has 0 saturated heterocycles. The van der Waals surface area contributed by atoms with Crippen molar-refractivity contribution < 1.29 is 14.9 Å². The molecule has 2 atom stereocenters. The van der Waals surface area contributed by atoms with Crippen molar-refractivity contribution in [3.8, 4) is 0 Å². The molecule has 0 fully saturated rings. The van der Waals surface area contributed by atoms with Gasteiger partial charge in [0, 0.05) is 6.61 Å². The number of ether oxygens (including phenoxy) is 1. The summed E-state index contributed by atoms with van der Waals surface area (Å²) in [6, 6.07) is 0. The maximum Gasteiger partial charge on any atom is 0.0673 e. The van der Waals surface area contributed by atoms with E-state index in [2.05, 4.69) is 0 Å². The van der Waals surface area contributed by atoms with Crippen molar-refractivity contribution in [1.29, 1.82) is 0 Å². The average Bonchev–Trinajstić information content (AvgIpc) is 2.18. The van der Waals surface area contributed by atoms with Crippen LogP contribution in [0.5, 0.6) is 0 Å². The van der Waals surface area contributed by atoms with Crippen LogP contribution < -0.4 is 0 Å². The van der Waals surface area contributed by atoms with Crippen LogP contribution >= 0.6 is 0 Å². The Labute approximate surface area is 93.5 Å². The maximum absolute atomic E-state index is 9.79. The van der Waals surface area contributed by atoms with E-state index in [-0.39, 0.29) is 12.2 Å². The summed E-state index contributed by atoms with van der Waals surface area (Å²) in [5.74, 6) is 0. The van der Waals surface area contributed by atoms with Crippen LogP contribution in [0.3, 0.4) is 0 Å². The minimum atomic E-state index is -0.631. The van der Waals surface area contributed by atoms with Gasteiger partial charge in [-0.25, -0.2) is 0 Å². The molecule has 3 nitrogen and oxygen atoms in total. The van der Waals surface area contributed by atoms with E-state index >= 15 is 0 Å². The first-order chi connectivity index (χ1) is 6.89. The zero-order valence-corrected chi connectivity index (χ0v) is 10.5. The van der Waals surface area contributed by atoms with E-state index in [9.17, 15) is 5.11 Å². The molecule has 0 spiro atoms. The van der Waals surface area contributed by atoms with E-state index in [1.54, 1.807) is 0 Å². The van der Waals surface area contributed by atoms with Crippen LogP contribution in [0.1, 0.15) is 53.4 Å². The molecule has 0 aromatic rings. The average molecular weight is 218 g/mol. The van der Waals surface area contributed by atoms with Gasteiger partial charge in [-0.3, -0.25) is 0 Å². The third-order valence-electron chi connectivity index (χ3n) is 3.24. The lowest BCUT2D eigenvalue weighted by atomic mass is 9.97. The fourth-order valence-electron chi connectivity index (χ4n) is 1.28. The van der Waals surface area contributed by atoms with Gasteiger partial charge in [0.25, 0.3) is 0 Å². The predicted octanol–water partition coefficient (Wildman–Crippen LogP) is 2.11. The Morgan fingerprint density at radius 3 is 2.07 bits per heavy atom. The molecule has 0 aromatic heterocycles. The zero-order chi connectivity index (χ0) is 11.9. The highest BCUT2D eigenvalue weighted by atomic mass is 16.5. The number of hydrogen-bond acceptors (Lipinski definition) is 3. The van der Waals surface area contributed by atoms with Crippen molar-refractivity contribution in [2.24, 2.45) is 0 Å². The first-order valence-electron chi connectivity index (χ1n) is 5.86.